The van der Waals surface area contributed by atoms with Crippen LogP contribution < -0.4 is 0 Å². The highest BCUT2D eigenvalue weighted by molar-refractivity contribution is 7.00. The van der Waals surface area contributed by atoms with Gasteiger partial charge in [0.1, 0.15) is 11.0 Å². The molecule has 0 aliphatic carbocycles. The van der Waals surface area contributed by atoms with Gasteiger partial charge in [0.2, 0.25) is 0 Å². The summed E-state index contributed by atoms with van der Waals surface area (Å²) < 4.78 is 8.33. The van der Waals surface area contributed by atoms with E-state index in [0.717, 1.165) is 39.5 Å². The van der Waals surface area contributed by atoms with Crippen LogP contribution >= 0.6 is 11.7 Å². The van der Waals surface area contributed by atoms with Crippen molar-refractivity contribution in [2.24, 2.45) is 0 Å². The Balaban J connectivity index is 1.97. The van der Waals surface area contributed by atoms with Crippen LogP contribution in [0.15, 0.2) is 42.5 Å². The van der Waals surface area contributed by atoms with Crippen LogP contribution in [0.4, 0.5) is 0 Å². The average Bonchev–Trinajstić information content (AvgIpc) is 2.93. The van der Waals surface area contributed by atoms with Crippen LogP contribution in [0.2, 0.25) is 0 Å². The van der Waals surface area contributed by atoms with Crippen molar-refractivity contribution in [3.8, 4) is 0 Å². The molecule has 106 valence electrons. The van der Waals surface area contributed by atoms with Crippen LogP contribution in [0.5, 0.6) is 0 Å². The topological polar surface area (TPSA) is 63.1 Å². The SMILES string of the molecule is Cc1ccccc1CC(C(=O)O)c1ccc2nsnc2c1. The molecule has 21 heavy (non-hydrogen) atoms. The first-order valence-electron chi connectivity index (χ1n) is 6.64. The summed E-state index contributed by atoms with van der Waals surface area (Å²) in [6.07, 6.45) is 0.477. The minimum atomic E-state index is -0.819. The summed E-state index contributed by atoms with van der Waals surface area (Å²) in [6, 6.07) is 13.4. The zero-order valence-corrected chi connectivity index (χ0v) is 12.3. The number of carbonyl (C=O) groups is 1. The minimum Gasteiger partial charge on any atom is -0.481 e. The first kappa shape index (κ1) is 13.7. The molecule has 1 atom stereocenters. The molecule has 1 aromatic heterocycles. The highest BCUT2D eigenvalue weighted by atomic mass is 32.1. The minimum absolute atomic E-state index is 0.477. The van der Waals surface area contributed by atoms with Gasteiger partial charge in [-0.1, -0.05) is 30.3 Å². The van der Waals surface area contributed by atoms with Gasteiger partial charge in [0.15, 0.2) is 0 Å². The van der Waals surface area contributed by atoms with Crippen LogP contribution in [-0.4, -0.2) is 19.8 Å². The summed E-state index contributed by atoms with van der Waals surface area (Å²) in [5.74, 6) is -1.39. The third-order valence-corrected chi connectivity index (χ3v) is 4.22. The van der Waals surface area contributed by atoms with Crippen molar-refractivity contribution in [2.75, 3.05) is 0 Å². The van der Waals surface area contributed by atoms with Crippen molar-refractivity contribution in [1.29, 1.82) is 0 Å². The normalized spacial score (nSPS) is 12.4. The lowest BCUT2D eigenvalue weighted by Gasteiger charge is -2.14. The van der Waals surface area contributed by atoms with E-state index in [9.17, 15) is 9.90 Å². The first-order valence-corrected chi connectivity index (χ1v) is 7.37. The molecule has 0 bridgehead atoms. The number of hydrogen-bond acceptors (Lipinski definition) is 4. The smallest absolute Gasteiger partial charge is 0.311 e. The Hall–Kier alpha value is -2.27. The summed E-state index contributed by atoms with van der Waals surface area (Å²) in [7, 11) is 0. The summed E-state index contributed by atoms with van der Waals surface area (Å²) in [5, 5.41) is 9.57. The van der Waals surface area contributed by atoms with Gasteiger partial charge in [-0.25, -0.2) is 0 Å². The standard InChI is InChI=1S/C16H14N2O2S/c1-10-4-2-3-5-11(10)8-13(16(19)20)12-6-7-14-15(9-12)18-21-17-14/h2-7,9,13H,8H2,1H3,(H,19,20). The largest absolute Gasteiger partial charge is 0.481 e. The monoisotopic (exact) mass is 298 g/mol. The maximum atomic E-state index is 11.7. The number of benzene rings is 2. The fourth-order valence-electron chi connectivity index (χ4n) is 2.42. The van der Waals surface area contributed by atoms with Crippen molar-refractivity contribution in [3.05, 3.63) is 59.2 Å². The number of aryl methyl sites for hydroxylation is 1. The highest BCUT2D eigenvalue weighted by Gasteiger charge is 2.21. The molecule has 5 heteroatoms. The molecule has 1 unspecified atom stereocenters. The van der Waals surface area contributed by atoms with Gasteiger partial charge in [-0.3, -0.25) is 4.79 Å². The Labute approximate surface area is 126 Å². The molecule has 0 amide bonds. The lowest BCUT2D eigenvalue weighted by atomic mass is 9.90. The molecule has 3 rings (SSSR count). The van der Waals surface area contributed by atoms with Gasteiger partial charge >= 0.3 is 5.97 Å². The van der Waals surface area contributed by atoms with E-state index in [1.54, 1.807) is 0 Å². The molecule has 0 fully saturated rings. The molecular formula is C16H14N2O2S. The average molecular weight is 298 g/mol. The Kier molecular flexibility index (Phi) is 3.66. The molecule has 0 saturated heterocycles. The number of fused-ring (bicyclic) bond motifs is 1. The van der Waals surface area contributed by atoms with Crippen LogP contribution in [0.3, 0.4) is 0 Å². The number of aliphatic carboxylic acids is 1. The van der Waals surface area contributed by atoms with E-state index in [0.29, 0.717) is 6.42 Å². The van der Waals surface area contributed by atoms with E-state index in [1.807, 2.05) is 49.4 Å². The van der Waals surface area contributed by atoms with E-state index in [1.165, 1.54) is 0 Å². The van der Waals surface area contributed by atoms with Gasteiger partial charge in [-0.15, -0.1) is 0 Å². The van der Waals surface area contributed by atoms with Crippen molar-refractivity contribution in [2.45, 2.75) is 19.3 Å². The van der Waals surface area contributed by atoms with Gasteiger partial charge in [0.25, 0.3) is 0 Å². The summed E-state index contributed by atoms with van der Waals surface area (Å²) in [6.45, 7) is 2.00. The third-order valence-electron chi connectivity index (χ3n) is 3.66. The Morgan fingerprint density at radius 3 is 2.71 bits per heavy atom. The van der Waals surface area contributed by atoms with Crippen LogP contribution in [0.1, 0.15) is 22.6 Å². The highest BCUT2D eigenvalue weighted by Crippen LogP contribution is 2.25. The van der Waals surface area contributed by atoms with Gasteiger partial charge in [-0.05, 0) is 42.2 Å². The molecule has 1 N–H and O–H groups in total. The molecule has 1 heterocycles. The quantitative estimate of drug-likeness (QED) is 0.801. The maximum Gasteiger partial charge on any atom is 0.311 e. The Morgan fingerprint density at radius 1 is 1.19 bits per heavy atom. The van der Waals surface area contributed by atoms with Crippen LogP contribution in [0, 0.1) is 6.92 Å². The number of rotatable bonds is 4. The third kappa shape index (κ3) is 2.78. The second kappa shape index (κ2) is 5.61. The zero-order valence-electron chi connectivity index (χ0n) is 11.5. The molecule has 3 aromatic rings. The summed E-state index contributed by atoms with van der Waals surface area (Å²) in [4.78, 5) is 11.7. The fraction of sp³-hybridized carbons (Fsp3) is 0.188. The number of aromatic nitrogens is 2. The van der Waals surface area contributed by atoms with Crippen LogP contribution in [0.25, 0.3) is 11.0 Å². The van der Waals surface area contributed by atoms with Crippen molar-refractivity contribution >= 4 is 28.7 Å². The molecule has 2 aromatic carbocycles. The van der Waals surface area contributed by atoms with E-state index < -0.39 is 11.9 Å². The Bertz CT molecular complexity index is 798. The van der Waals surface area contributed by atoms with Crippen molar-refractivity contribution in [1.82, 2.24) is 8.75 Å². The first-order chi connectivity index (χ1) is 10.1. The predicted molar refractivity (Wildman–Crippen MR) is 82.7 cm³/mol. The second-order valence-electron chi connectivity index (χ2n) is 5.03. The van der Waals surface area contributed by atoms with Gasteiger partial charge in [0, 0.05) is 0 Å². The molecule has 0 radical (unpaired) electrons. The van der Waals surface area contributed by atoms with E-state index in [4.69, 9.17) is 0 Å². The number of carboxylic acid groups (broad SMARTS) is 1. The van der Waals surface area contributed by atoms with E-state index in [-0.39, 0.29) is 0 Å². The molecule has 0 spiro atoms. The van der Waals surface area contributed by atoms with Gasteiger partial charge in [0.05, 0.1) is 17.6 Å². The van der Waals surface area contributed by atoms with Gasteiger partial charge < -0.3 is 5.11 Å². The lowest BCUT2D eigenvalue weighted by molar-refractivity contribution is -0.138. The molecular weight excluding hydrogens is 284 g/mol. The zero-order chi connectivity index (χ0) is 14.8. The maximum absolute atomic E-state index is 11.7. The fourth-order valence-corrected chi connectivity index (χ4v) is 2.94. The summed E-state index contributed by atoms with van der Waals surface area (Å²) >= 11 is 1.14. The van der Waals surface area contributed by atoms with Crippen LogP contribution in [-0.2, 0) is 11.2 Å². The molecule has 4 nitrogen and oxygen atoms in total. The van der Waals surface area contributed by atoms with E-state index >= 15 is 0 Å². The van der Waals surface area contributed by atoms with Crippen molar-refractivity contribution < 1.29 is 9.90 Å². The Morgan fingerprint density at radius 2 is 1.95 bits per heavy atom. The second-order valence-corrected chi connectivity index (χ2v) is 5.56. The predicted octanol–water partition coefficient (Wildman–Crippen LogP) is 3.41. The molecule has 0 aliphatic heterocycles. The molecule has 0 aliphatic rings. The lowest BCUT2D eigenvalue weighted by Crippen LogP contribution is -2.15. The van der Waals surface area contributed by atoms with E-state index in [2.05, 4.69) is 8.75 Å². The van der Waals surface area contributed by atoms with Crippen molar-refractivity contribution in [3.63, 3.8) is 0 Å². The number of nitrogens with zero attached hydrogens (tertiary/aromatic N) is 2. The number of carboxylic acids is 1. The molecule has 0 saturated carbocycles. The number of hydrogen-bond donors (Lipinski definition) is 1. The van der Waals surface area contributed by atoms with Gasteiger partial charge in [-0.2, -0.15) is 8.75 Å². The summed E-state index contributed by atoms with van der Waals surface area (Å²) in [5.41, 5.74) is 4.50.